The molecular weight excluding hydrogens is 278 g/mol. The molecule has 0 aromatic heterocycles. The van der Waals surface area contributed by atoms with Gasteiger partial charge in [-0.1, -0.05) is 18.2 Å². The summed E-state index contributed by atoms with van der Waals surface area (Å²) < 4.78 is 5.48. The van der Waals surface area contributed by atoms with Crippen molar-refractivity contribution in [1.82, 2.24) is 4.90 Å². The predicted octanol–water partition coefficient (Wildman–Crippen LogP) is 3.50. The predicted molar refractivity (Wildman–Crippen MR) is 85.8 cm³/mol. The van der Waals surface area contributed by atoms with Gasteiger partial charge in [-0.3, -0.25) is 0 Å². The van der Waals surface area contributed by atoms with Crippen molar-refractivity contribution in [2.75, 3.05) is 6.54 Å². The number of aryl methyl sites for hydroxylation is 2. The third kappa shape index (κ3) is 4.58. The number of nitrogens with zero attached hydrogens (tertiary/aromatic N) is 1. The van der Waals surface area contributed by atoms with Gasteiger partial charge in [-0.2, -0.15) is 0 Å². The minimum atomic E-state index is -0.474. The van der Waals surface area contributed by atoms with Gasteiger partial charge in [-0.15, -0.1) is 0 Å². The Morgan fingerprint density at radius 2 is 2.09 bits per heavy atom. The maximum absolute atomic E-state index is 12.3. The summed E-state index contributed by atoms with van der Waals surface area (Å²) in [4.78, 5) is 24.6. The quantitative estimate of drug-likeness (QED) is 0.803. The van der Waals surface area contributed by atoms with Gasteiger partial charge in [0.05, 0.1) is 0 Å². The molecule has 1 heterocycles. The van der Waals surface area contributed by atoms with E-state index in [1.807, 2.05) is 20.8 Å². The van der Waals surface area contributed by atoms with Gasteiger partial charge >= 0.3 is 6.09 Å². The second kappa shape index (κ2) is 6.95. The van der Waals surface area contributed by atoms with Gasteiger partial charge in [0.1, 0.15) is 11.9 Å². The topological polar surface area (TPSA) is 46.6 Å². The fraction of sp³-hybridized carbons (Fsp3) is 0.556. The molecule has 4 heteroatoms. The van der Waals surface area contributed by atoms with E-state index in [9.17, 15) is 9.59 Å². The fourth-order valence-corrected chi connectivity index (χ4v) is 2.68. The average molecular weight is 303 g/mol. The molecule has 4 nitrogen and oxygen atoms in total. The molecule has 0 fully saturated rings. The molecule has 120 valence electrons. The number of hydrogen-bond donors (Lipinski definition) is 0. The van der Waals surface area contributed by atoms with Gasteiger partial charge < -0.3 is 14.4 Å². The molecule has 1 aliphatic heterocycles. The third-order valence-electron chi connectivity index (χ3n) is 3.71. The van der Waals surface area contributed by atoms with Crippen LogP contribution in [0.2, 0.25) is 0 Å². The molecular formula is C18H25NO3. The van der Waals surface area contributed by atoms with Crippen molar-refractivity contribution in [3.63, 3.8) is 0 Å². The number of carbonyl (C=O) groups excluding carboxylic acids is 2. The standard InChI is InChI=1S/C18H25NO3/c1-18(2,3)22-17(21)19-10-4-7-15-9-8-14(6-5-11-20)12-16(15)13-19/h8-9,11-12H,4-7,10,13H2,1-3H3. The van der Waals surface area contributed by atoms with Crippen LogP contribution in [0.3, 0.4) is 0 Å². The molecule has 1 aromatic rings. The van der Waals surface area contributed by atoms with E-state index >= 15 is 0 Å². The van der Waals surface area contributed by atoms with Gasteiger partial charge in [0.15, 0.2) is 0 Å². The summed E-state index contributed by atoms with van der Waals surface area (Å²) in [6.45, 7) is 6.95. The van der Waals surface area contributed by atoms with E-state index in [0.29, 0.717) is 19.5 Å². The summed E-state index contributed by atoms with van der Waals surface area (Å²) in [5.74, 6) is 0. The van der Waals surface area contributed by atoms with Crippen molar-refractivity contribution < 1.29 is 14.3 Å². The number of fused-ring (bicyclic) bond motifs is 1. The Kier molecular flexibility index (Phi) is 5.22. The molecule has 0 aliphatic carbocycles. The molecule has 1 aromatic carbocycles. The summed E-state index contributed by atoms with van der Waals surface area (Å²) in [6.07, 6.45) is 3.90. The van der Waals surface area contributed by atoms with Crippen LogP contribution in [-0.4, -0.2) is 29.4 Å². The second-order valence-electron chi connectivity index (χ2n) is 6.81. The van der Waals surface area contributed by atoms with E-state index in [1.165, 1.54) is 11.1 Å². The molecule has 0 spiro atoms. The Labute approximate surface area is 132 Å². The van der Waals surface area contributed by atoms with Crippen LogP contribution in [0.5, 0.6) is 0 Å². The summed E-state index contributed by atoms with van der Waals surface area (Å²) in [5, 5.41) is 0. The Morgan fingerprint density at radius 1 is 1.32 bits per heavy atom. The van der Waals surface area contributed by atoms with E-state index in [2.05, 4.69) is 18.2 Å². The molecule has 0 bridgehead atoms. The lowest BCUT2D eigenvalue weighted by molar-refractivity contribution is -0.107. The van der Waals surface area contributed by atoms with Crippen molar-refractivity contribution in [3.05, 3.63) is 34.9 Å². The minimum Gasteiger partial charge on any atom is -0.444 e. The van der Waals surface area contributed by atoms with Crippen LogP contribution in [-0.2, 0) is 28.9 Å². The molecule has 0 N–H and O–H groups in total. The van der Waals surface area contributed by atoms with E-state index in [0.717, 1.165) is 31.1 Å². The average Bonchev–Trinajstić information content (AvgIpc) is 2.65. The molecule has 22 heavy (non-hydrogen) atoms. The largest absolute Gasteiger partial charge is 0.444 e. The fourth-order valence-electron chi connectivity index (χ4n) is 2.68. The summed E-state index contributed by atoms with van der Waals surface area (Å²) >= 11 is 0. The highest BCUT2D eigenvalue weighted by atomic mass is 16.6. The van der Waals surface area contributed by atoms with Gasteiger partial charge in [0, 0.05) is 19.5 Å². The highest BCUT2D eigenvalue weighted by Gasteiger charge is 2.24. The second-order valence-corrected chi connectivity index (χ2v) is 6.81. The summed E-state index contributed by atoms with van der Waals surface area (Å²) in [6, 6.07) is 6.35. The Bertz CT molecular complexity index is 546. The first-order chi connectivity index (χ1) is 10.4. The smallest absolute Gasteiger partial charge is 0.410 e. The van der Waals surface area contributed by atoms with Crippen molar-refractivity contribution >= 4 is 12.4 Å². The lowest BCUT2D eigenvalue weighted by atomic mass is 9.99. The van der Waals surface area contributed by atoms with Crippen molar-refractivity contribution in [2.24, 2.45) is 0 Å². The molecule has 0 unspecified atom stereocenters. The monoisotopic (exact) mass is 303 g/mol. The van der Waals surface area contributed by atoms with Gasteiger partial charge in [-0.25, -0.2) is 4.79 Å². The van der Waals surface area contributed by atoms with E-state index in [-0.39, 0.29) is 6.09 Å². The molecule has 0 atom stereocenters. The third-order valence-corrected chi connectivity index (χ3v) is 3.71. The van der Waals surface area contributed by atoms with E-state index in [4.69, 9.17) is 4.74 Å². The normalized spacial score (nSPS) is 15.0. The highest BCUT2D eigenvalue weighted by molar-refractivity contribution is 5.68. The molecule has 0 saturated heterocycles. The minimum absolute atomic E-state index is 0.251. The van der Waals surface area contributed by atoms with Crippen molar-refractivity contribution in [2.45, 2.75) is 58.6 Å². The van der Waals surface area contributed by atoms with Crippen LogP contribution in [0.4, 0.5) is 4.79 Å². The van der Waals surface area contributed by atoms with Crippen molar-refractivity contribution in [1.29, 1.82) is 0 Å². The summed E-state index contributed by atoms with van der Waals surface area (Å²) in [5.41, 5.74) is 3.14. The number of ether oxygens (including phenoxy) is 1. The van der Waals surface area contributed by atoms with Crippen molar-refractivity contribution in [3.8, 4) is 0 Å². The lowest BCUT2D eigenvalue weighted by Gasteiger charge is -2.26. The van der Waals surface area contributed by atoms with E-state index in [1.54, 1.807) is 4.90 Å². The first kappa shape index (κ1) is 16.5. The van der Waals surface area contributed by atoms with Crippen LogP contribution in [0.25, 0.3) is 0 Å². The molecule has 1 amide bonds. The number of amides is 1. The number of benzene rings is 1. The maximum atomic E-state index is 12.3. The number of carbonyl (C=O) groups is 2. The first-order valence-electron chi connectivity index (χ1n) is 7.91. The van der Waals surface area contributed by atoms with E-state index < -0.39 is 5.60 Å². The molecule has 2 rings (SSSR count). The maximum Gasteiger partial charge on any atom is 0.410 e. The number of rotatable bonds is 3. The number of aldehydes is 1. The number of hydrogen-bond acceptors (Lipinski definition) is 3. The first-order valence-corrected chi connectivity index (χ1v) is 7.91. The SMILES string of the molecule is CC(C)(C)OC(=O)N1CCCc2ccc(CCC=O)cc2C1. The Hall–Kier alpha value is -1.84. The Balaban J connectivity index is 2.13. The summed E-state index contributed by atoms with van der Waals surface area (Å²) in [7, 11) is 0. The van der Waals surface area contributed by atoms with Crippen LogP contribution in [0, 0.1) is 0 Å². The highest BCUT2D eigenvalue weighted by Crippen LogP contribution is 2.22. The van der Waals surface area contributed by atoms with Gasteiger partial charge in [0.25, 0.3) is 0 Å². The van der Waals surface area contributed by atoms with Gasteiger partial charge in [0.2, 0.25) is 0 Å². The molecule has 0 radical (unpaired) electrons. The molecule has 0 saturated carbocycles. The zero-order valence-corrected chi connectivity index (χ0v) is 13.7. The lowest BCUT2D eigenvalue weighted by Crippen LogP contribution is -2.36. The zero-order chi connectivity index (χ0) is 16.2. The van der Waals surface area contributed by atoms with Crippen LogP contribution < -0.4 is 0 Å². The zero-order valence-electron chi connectivity index (χ0n) is 13.7. The van der Waals surface area contributed by atoms with Crippen LogP contribution in [0.15, 0.2) is 18.2 Å². The van der Waals surface area contributed by atoms with Crippen LogP contribution in [0.1, 0.15) is 50.3 Å². The molecule has 1 aliphatic rings. The van der Waals surface area contributed by atoms with Crippen LogP contribution >= 0.6 is 0 Å². The Morgan fingerprint density at radius 3 is 2.77 bits per heavy atom. The van der Waals surface area contributed by atoms with Gasteiger partial charge in [-0.05, 0) is 56.7 Å².